The molecular weight excluding hydrogens is 424 g/mol. The Kier molecular flexibility index (Phi) is 18.9. The molecule has 192 valence electrons. The lowest BCUT2D eigenvalue weighted by Crippen LogP contribution is -2.02. The molecule has 1 rings (SSSR count). The summed E-state index contributed by atoms with van der Waals surface area (Å²) in [7, 11) is 0. The van der Waals surface area contributed by atoms with Gasteiger partial charge in [-0.15, -0.1) is 0 Å². The van der Waals surface area contributed by atoms with Crippen LogP contribution < -0.4 is 0 Å². The van der Waals surface area contributed by atoms with Gasteiger partial charge in [0.1, 0.15) is 0 Å². The van der Waals surface area contributed by atoms with E-state index in [1.54, 1.807) is 18.2 Å². The van der Waals surface area contributed by atoms with Crippen molar-refractivity contribution in [2.75, 3.05) is 6.61 Å². The molecule has 0 aromatic heterocycles. The summed E-state index contributed by atoms with van der Waals surface area (Å²) in [6, 6.07) is 6.38. The van der Waals surface area contributed by atoms with Crippen molar-refractivity contribution in [3.05, 3.63) is 41.5 Å². The standard InChI is InChI=1S/C30H48O4/c1-2-3-4-5-6-7-8-9-10-11-12-13-14-15-16-17-18-19-26-34-29(31)25-22-27-20-23-28(24-21-27)30(32)33/h20-25H,2-19,26H2,1H3,(H,32,33)/b25-22+. The summed E-state index contributed by atoms with van der Waals surface area (Å²) >= 11 is 0. The third-order valence-corrected chi connectivity index (χ3v) is 6.31. The third kappa shape index (κ3) is 17.4. The van der Waals surface area contributed by atoms with Crippen LogP contribution in [-0.2, 0) is 9.53 Å². The topological polar surface area (TPSA) is 63.6 Å². The molecule has 0 saturated heterocycles. The highest BCUT2D eigenvalue weighted by Gasteiger charge is 2.01. The van der Waals surface area contributed by atoms with Crippen molar-refractivity contribution in [3.8, 4) is 0 Å². The van der Waals surface area contributed by atoms with Crippen molar-refractivity contribution in [1.29, 1.82) is 0 Å². The molecule has 4 nitrogen and oxygen atoms in total. The van der Waals surface area contributed by atoms with E-state index in [9.17, 15) is 9.59 Å². The Morgan fingerprint density at radius 1 is 0.676 bits per heavy atom. The maximum absolute atomic E-state index is 11.8. The first-order chi connectivity index (χ1) is 16.6. The van der Waals surface area contributed by atoms with Gasteiger partial charge in [0.15, 0.2) is 0 Å². The number of carboxylic acid groups (broad SMARTS) is 1. The average Bonchev–Trinajstić information content (AvgIpc) is 2.84. The van der Waals surface area contributed by atoms with Crippen molar-refractivity contribution >= 4 is 18.0 Å². The lowest BCUT2D eigenvalue weighted by Gasteiger charge is -2.04. The van der Waals surface area contributed by atoms with Crippen molar-refractivity contribution in [1.82, 2.24) is 0 Å². The van der Waals surface area contributed by atoms with Gasteiger partial charge in [0.05, 0.1) is 12.2 Å². The normalized spacial score (nSPS) is 11.2. The van der Waals surface area contributed by atoms with Crippen molar-refractivity contribution in [2.45, 2.75) is 122 Å². The van der Waals surface area contributed by atoms with Crippen LogP contribution in [0.1, 0.15) is 138 Å². The van der Waals surface area contributed by atoms with Gasteiger partial charge in [-0.1, -0.05) is 128 Å². The van der Waals surface area contributed by atoms with E-state index < -0.39 is 5.97 Å². The van der Waals surface area contributed by atoms with Crippen LogP contribution in [-0.4, -0.2) is 23.7 Å². The van der Waals surface area contributed by atoms with Crippen LogP contribution in [0.5, 0.6) is 0 Å². The zero-order chi connectivity index (χ0) is 24.7. The minimum atomic E-state index is -0.959. The van der Waals surface area contributed by atoms with Crippen molar-refractivity contribution in [3.63, 3.8) is 0 Å². The zero-order valence-corrected chi connectivity index (χ0v) is 21.6. The summed E-state index contributed by atoms with van der Waals surface area (Å²) in [6.45, 7) is 2.74. The highest BCUT2D eigenvalue weighted by atomic mass is 16.5. The molecule has 0 aliphatic heterocycles. The zero-order valence-electron chi connectivity index (χ0n) is 21.6. The first-order valence-corrected chi connectivity index (χ1v) is 13.8. The number of carboxylic acids is 1. The number of unbranched alkanes of at least 4 members (excludes halogenated alkanes) is 17. The van der Waals surface area contributed by atoms with Gasteiger partial charge in [-0.2, -0.15) is 0 Å². The third-order valence-electron chi connectivity index (χ3n) is 6.31. The molecule has 1 aromatic rings. The van der Waals surface area contributed by atoms with E-state index in [0.717, 1.165) is 18.4 Å². The lowest BCUT2D eigenvalue weighted by molar-refractivity contribution is -0.137. The summed E-state index contributed by atoms with van der Waals surface area (Å²) < 4.78 is 5.23. The summed E-state index contributed by atoms with van der Waals surface area (Å²) in [5.41, 5.74) is 1.00. The molecule has 0 unspecified atom stereocenters. The Morgan fingerprint density at radius 3 is 1.50 bits per heavy atom. The number of benzene rings is 1. The summed E-state index contributed by atoms with van der Waals surface area (Å²) in [4.78, 5) is 22.6. The fraction of sp³-hybridized carbons (Fsp3) is 0.667. The second-order valence-electron chi connectivity index (χ2n) is 9.44. The van der Waals surface area contributed by atoms with Crippen LogP contribution in [0.4, 0.5) is 0 Å². The largest absolute Gasteiger partial charge is 0.478 e. The number of hydrogen-bond acceptors (Lipinski definition) is 3. The molecule has 0 aliphatic rings. The maximum atomic E-state index is 11.8. The fourth-order valence-electron chi connectivity index (χ4n) is 4.13. The number of rotatable bonds is 22. The molecule has 0 atom stereocenters. The molecule has 0 fully saturated rings. The van der Waals surface area contributed by atoms with Gasteiger partial charge in [0.2, 0.25) is 0 Å². The van der Waals surface area contributed by atoms with E-state index in [2.05, 4.69) is 6.92 Å². The second-order valence-corrected chi connectivity index (χ2v) is 9.44. The number of carbonyl (C=O) groups is 2. The van der Waals surface area contributed by atoms with Crippen LogP contribution in [0.25, 0.3) is 6.08 Å². The highest BCUT2D eigenvalue weighted by Crippen LogP contribution is 2.14. The monoisotopic (exact) mass is 472 g/mol. The summed E-state index contributed by atoms with van der Waals surface area (Å²) in [5.74, 6) is -1.31. The van der Waals surface area contributed by atoms with Gasteiger partial charge in [-0.25, -0.2) is 9.59 Å². The molecule has 34 heavy (non-hydrogen) atoms. The van der Waals surface area contributed by atoms with E-state index >= 15 is 0 Å². The molecule has 0 heterocycles. The molecule has 0 saturated carbocycles. The first-order valence-electron chi connectivity index (χ1n) is 13.8. The first kappa shape index (κ1) is 29.9. The van der Waals surface area contributed by atoms with Gasteiger partial charge >= 0.3 is 11.9 Å². The van der Waals surface area contributed by atoms with Gasteiger partial charge in [0.25, 0.3) is 0 Å². The summed E-state index contributed by atoms with van der Waals surface area (Å²) in [5, 5.41) is 8.89. The number of ether oxygens (including phenoxy) is 1. The minimum Gasteiger partial charge on any atom is -0.478 e. The predicted octanol–water partition coefficient (Wildman–Crippen LogP) is 8.98. The molecule has 0 spiro atoms. The molecule has 4 heteroatoms. The Bertz CT molecular complexity index is 663. The lowest BCUT2D eigenvalue weighted by atomic mass is 10.0. The Hall–Kier alpha value is -2.10. The highest BCUT2D eigenvalue weighted by molar-refractivity contribution is 5.89. The van der Waals surface area contributed by atoms with Gasteiger partial charge in [-0.3, -0.25) is 0 Å². The molecule has 0 bridgehead atoms. The number of esters is 1. The SMILES string of the molecule is CCCCCCCCCCCCCCCCCCCCOC(=O)/C=C/c1ccc(C(=O)O)cc1. The quantitative estimate of drug-likeness (QED) is 0.104. The van der Waals surface area contributed by atoms with E-state index in [4.69, 9.17) is 9.84 Å². The molecule has 0 amide bonds. The van der Waals surface area contributed by atoms with Crippen molar-refractivity contribution < 1.29 is 19.4 Å². The maximum Gasteiger partial charge on any atom is 0.335 e. The molecular formula is C30H48O4. The number of hydrogen-bond donors (Lipinski definition) is 1. The smallest absolute Gasteiger partial charge is 0.335 e. The summed E-state index contributed by atoms with van der Waals surface area (Å²) in [6.07, 6.45) is 27.1. The van der Waals surface area contributed by atoms with Crippen LogP contribution in [0.3, 0.4) is 0 Å². The minimum absolute atomic E-state index is 0.230. The van der Waals surface area contributed by atoms with E-state index in [0.29, 0.717) is 6.61 Å². The van der Waals surface area contributed by atoms with Crippen molar-refractivity contribution in [2.24, 2.45) is 0 Å². The molecule has 1 N–H and O–H groups in total. The molecule has 0 aliphatic carbocycles. The fourth-order valence-corrected chi connectivity index (χ4v) is 4.13. The van der Waals surface area contributed by atoms with E-state index in [1.807, 2.05) is 0 Å². The Morgan fingerprint density at radius 2 is 1.09 bits per heavy atom. The average molecular weight is 473 g/mol. The Labute approximate surface area is 208 Å². The molecule has 1 aromatic carbocycles. The van der Waals surface area contributed by atoms with Crippen LogP contribution in [0, 0.1) is 0 Å². The van der Waals surface area contributed by atoms with Gasteiger partial charge in [-0.05, 0) is 30.2 Å². The number of carbonyl (C=O) groups excluding carboxylic acids is 1. The molecule has 0 radical (unpaired) electrons. The predicted molar refractivity (Wildman–Crippen MR) is 142 cm³/mol. The number of aromatic carboxylic acids is 1. The van der Waals surface area contributed by atoms with E-state index in [-0.39, 0.29) is 11.5 Å². The van der Waals surface area contributed by atoms with Crippen LogP contribution in [0.2, 0.25) is 0 Å². The van der Waals surface area contributed by atoms with Gasteiger partial charge < -0.3 is 9.84 Å². The van der Waals surface area contributed by atoms with E-state index in [1.165, 1.54) is 121 Å². The van der Waals surface area contributed by atoms with Gasteiger partial charge in [0, 0.05) is 6.08 Å². The second kappa shape index (κ2) is 21.4. The van der Waals surface area contributed by atoms with Crippen LogP contribution in [0.15, 0.2) is 30.3 Å². The Balaban J connectivity index is 1.83. The van der Waals surface area contributed by atoms with Crippen LogP contribution >= 0.6 is 0 Å².